The van der Waals surface area contributed by atoms with Gasteiger partial charge in [0.1, 0.15) is 23.6 Å². The number of hydrogen-bond acceptors (Lipinski definition) is 8. The topological polar surface area (TPSA) is 129 Å². The Hall–Kier alpha value is -3.34. The number of nitrogen functional groups attached to an aromatic ring is 1. The van der Waals surface area contributed by atoms with E-state index in [-0.39, 0.29) is 40.2 Å². The number of halogens is 1. The van der Waals surface area contributed by atoms with E-state index in [2.05, 4.69) is 4.98 Å². The molecule has 3 N–H and O–H groups in total. The van der Waals surface area contributed by atoms with Crippen molar-refractivity contribution in [3.05, 3.63) is 51.1 Å². The van der Waals surface area contributed by atoms with E-state index < -0.39 is 23.2 Å². The monoisotopic (exact) mass is 431 g/mol. The summed E-state index contributed by atoms with van der Waals surface area (Å²) < 4.78 is 28.0. The van der Waals surface area contributed by atoms with Gasteiger partial charge in [0.15, 0.2) is 11.6 Å². The van der Waals surface area contributed by atoms with E-state index in [0.717, 1.165) is 18.9 Å². The average molecular weight is 431 g/mol. The average Bonchev–Trinajstić information content (AvgIpc) is 3.25. The molecule has 1 aliphatic carbocycles. The van der Waals surface area contributed by atoms with Gasteiger partial charge in [0, 0.05) is 25.0 Å². The van der Waals surface area contributed by atoms with Crippen molar-refractivity contribution in [1.82, 2.24) is 14.2 Å². The summed E-state index contributed by atoms with van der Waals surface area (Å²) in [7, 11) is 1.38. The molecule has 1 saturated heterocycles. The number of fused-ring (bicyclic) bond motifs is 1. The number of hydrogen-bond donors (Lipinski definition) is 2. The minimum atomic E-state index is -0.927. The highest BCUT2D eigenvalue weighted by Crippen LogP contribution is 2.44. The normalized spacial score (nSPS) is 19.8. The minimum absolute atomic E-state index is 0.0114. The summed E-state index contributed by atoms with van der Waals surface area (Å²) in [5.74, 6) is 5.10. The van der Waals surface area contributed by atoms with E-state index in [1.54, 1.807) is 4.90 Å². The van der Waals surface area contributed by atoms with Crippen molar-refractivity contribution >= 4 is 16.6 Å². The Morgan fingerprint density at radius 3 is 2.77 bits per heavy atom. The maximum atomic E-state index is 15.3. The Morgan fingerprint density at radius 1 is 1.35 bits per heavy atom. The highest BCUT2D eigenvalue weighted by Gasteiger charge is 2.36. The molecule has 0 bridgehead atoms. The first-order valence-corrected chi connectivity index (χ1v) is 10.1. The third kappa shape index (κ3) is 2.99. The van der Waals surface area contributed by atoms with Crippen LogP contribution in [0, 0.1) is 11.7 Å². The first-order valence-electron chi connectivity index (χ1n) is 10.1. The number of aromatic nitrogens is 3. The van der Waals surface area contributed by atoms with Crippen molar-refractivity contribution in [3.8, 4) is 5.75 Å². The lowest BCUT2D eigenvalue weighted by Crippen LogP contribution is -2.44. The first kappa shape index (κ1) is 19.6. The quantitative estimate of drug-likeness (QED) is 0.571. The molecule has 10 nitrogen and oxygen atoms in total. The van der Waals surface area contributed by atoms with Gasteiger partial charge in [0.05, 0.1) is 18.7 Å². The molecule has 164 valence electrons. The number of rotatable bonds is 5. The largest absolute Gasteiger partial charge is 0.492 e. The smallest absolute Gasteiger partial charge is 0.350 e. The van der Waals surface area contributed by atoms with Crippen molar-refractivity contribution in [2.75, 3.05) is 30.9 Å². The third-order valence-electron chi connectivity index (χ3n) is 6.09. The Kier molecular flexibility index (Phi) is 4.50. The van der Waals surface area contributed by atoms with E-state index in [4.69, 9.17) is 15.0 Å². The van der Waals surface area contributed by atoms with Crippen molar-refractivity contribution in [3.63, 3.8) is 0 Å². The Labute approximate surface area is 175 Å². The van der Waals surface area contributed by atoms with Crippen LogP contribution in [0.5, 0.6) is 5.75 Å². The maximum absolute atomic E-state index is 15.3. The van der Waals surface area contributed by atoms with Gasteiger partial charge in [-0.15, -0.1) is 0 Å². The Bertz CT molecular complexity index is 1260. The standard InChI is InChI=1S/C20H22FN5O5/c1-30-17-14-12(19(28)26(22)20(29)25(14)11-2-3-11)8-13(21)15(17)24-6-4-10(9-24)16(27)18-23-5-7-31-18/h5,7-8,10-11,16,27H,2-4,6,9,22H2,1H3. The van der Waals surface area contributed by atoms with Crippen LogP contribution in [0.2, 0.25) is 0 Å². The number of oxazole rings is 1. The highest BCUT2D eigenvalue weighted by molar-refractivity contribution is 5.91. The van der Waals surface area contributed by atoms with Crippen LogP contribution in [-0.2, 0) is 0 Å². The van der Waals surface area contributed by atoms with Crippen molar-refractivity contribution in [2.45, 2.75) is 31.4 Å². The summed E-state index contributed by atoms with van der Waals surface area (Å²) in [6.07, 6.45) is 4.01. The van der Waals surface area contributed by atoms with Crippen LogP contribution < -0.4 is 26.7 Å². The Morgan fingerprint density at radius 2 is 2.13 bits per heavy atom. The fraction of sp³-hybridized carbons (Fsp3) is 0.450. The molecular formula is C20H22FN5O5. The number of ether oxygens (including phenoxy) is 1. The molecule has 2 atom stereocenters. The van der Waals surface area contributed by atoms with E-state index in [1.165, 1.54) is 24.1 Å². The SMILES string of the molecule is COc1c(N2CCC(C(O)c3ncco3)C2)c(F)cc2c(=O)n(N)c(=O)n(C3CC3)c12. The molecule has 0 spiro atoms. The molecule has 3 aromatic rings. The van der Waals surface area contributed by atoms with Crippen LogP contribution in [0.3, 0.4) is 0 Å². The van der Waals surface area contributed by atoms with Crippen molar-refractivity contribution < 1.29 is 18.7 Å². The summed E-state index contributed by atoms with van der Waals surface area (Å²) in [5.41, 5.74) is -1.04. The molecule has 2 aliphatic rings. The van der Waals surface area contributed by atoms with E-state index in [1.807, 2.05) is 0 Å². The second-order valence-electron chi connectivity index (χ2n) is 8.01. The second kappa shape index (κ2) is 7.12. The molecule has 2 aromatic heterocycles. The molecule has 1 aliphatic heterocycles. The molecule has 3 heterocycles. The summed E-state index contributed by atoms with van der Waals surface area (Å²) >= 11 is 0. The lowest BCUT2D eigenvalue weighted by molar-refractivity contribution is 0.0900. The number of anilines is 1. The van der Waals surface area contributed by atoms with Crippen LogP contribution in [0.1, 0.15) is 37.3 Å². The van der Waals surface area contributed by atoms with Crippen LogP contribution in [0.25, 0.3) is 10.9 Å². The summed E-state index contributed by atoms with van der Waals surface area (Å²) in [6, 6.07) is 0.991. The molecule has 0 radical (unpaired) electrons. The summed E-state index contributed by atoms with van der Waals surface area (Å²) in [5, 5.41) is 10.5. The lowest BCUT2D eigenvalue weighted by Gasteiger charge is -2.25. The van der Waals surface area contributed by atoms with Crippen LogP contribution in [0.4, 0.5) is 10.1 Å². The number of aliphatic hydroxyl groups excluding tert-OH is 1. The number of nitrogens with zero attached hydrogens (tertiary/aromatic N) is 4. The fourth-order valence-corrected chi connectivity index (χ4v) is 4.43. The Balaban J connectivity index is 1.64. The number of nitrogens with two attached hydrogens (primary N) is 1. The van der Waals surface area contributed by atoms with Gasteiger partial charge in [-0.3, -0.25) is 9.36 Å². The van der Waals surface area contributed by atoms with Gasteiger partial charge >= 0.3 is 5.69 Å². The van der Waals surface area contributed by atoms with Gasteiger partial charge in [-0.1, -0.05) is 0 Å². The van der Waals surface area contributed by atoms with Gasteiger partial charge < -0.3 is 25.0 Å². The minimum Gasteiger partial charge on any atom is -0.492 e. The van der Waals surface area contributed by atoms with Crippen molar-refractivity contribution in [2.24, 2.45) is 5.92 Å². The zero-order valence-corrected chi connectivity index (χ0v) is 16.8. The molecule has 2 fully saturated rings. The van der Waals surface area contributed by atoms with Crippen molar-refractivity contribution in [1.29, 1.82) is 0 Å². The molecule has 31 heavy (non-hydrogen) atoms. The number of benzene rings is 1. The molecule has 11 heteroatoms. The van der Waals surface area contributed by atoms with E-state index in [9.17, 15) is 14.7 Å². The van der Waals surface area contributed by atoms with Crippen LogP contribution >= 0.6 is 0 Å². The predicted molar refractivity (Wildman–Crippen MR) is 109 cm³/mol. The third-order valence-corrected chi connectivity index (χ3v) is 6.09. The first-order chi connectivity index (χ1) is 14.9. The van der Waals surface area contributed by atoms with Gasteiger partial charge in [0.25, 0.3) is 5.56 Å². The summed E-state index contributed by atoms with van der Waals surface area (Å²) in [4.78, 5) is 31.1. The summed E-state index contributed by atoms with van der Waals surface area (Å²) in [6.45, 7) is 0.771. The molecule has 5 rings (SSSR count). The highest BCUT2D eigenvalue weighted by atomic mass is 19.1. The second-order valence-corrected chi connectivity index (χ2v) is 8.01. The van der Waals surface area contributed by atoms with Gasteiger partial charge in [-0.2, -0.15) is 4.68 Å². The molecule has 1 saturated carbocycles. The predicted octanol–water partition coefficient (Wildman–Crippen LogP) is 0.908. The number of aliphatic hydroxyl groups is 1. The zero-order chi connectivity index (χ0) is 21.9. The van der Waals surface area contributed by atoms with Crippen LogP contribution in [-0.4, -0.2) is 39.5 Å². The van der Waals surface area contributed by atoms with Gasteiger partial charge in [0.2, 0.25) is 5.89 Å². The van der Waals surface area contributed by atoms with E-state index >= 15 is 4.39 Å². The van der Waals surface area contributed by atoms with E-state index in [0.29, 0.717) is 24.2 Å². The molecular weight excluding hydrogens is 409 g/mol. The fourth-order valence-electron chi connectivity index (χ4n) is 4.43. The van der Waals surface area contributed by atoms with Gasteiger partial charge in [-0.25, -0.2) is 14.2 Å². The molecule has 1 aromatic carbocycles. The van der Waals surface area contributed by atoms with Crippen LogP contribution in [0.15, 0.2) is 32.5 Å². The lowest BCUT2D eigenvalue weighted by atomic mass is 10.0. The number of methoxy groups -OCH3 is 1. The maximum Gasteiger partial charge on any atom is 0.350 e. The molecule has 2 unspecified atom stereocenters. The molecule has 0 amide bonds. The van der Waals surface area contributed by atoms with Gasteiger partial charge in [-0.05, 0) is 25.3 Å². The zero-order valence-electron chi connectivity index (χ0n) is 16.8.